The number of anilines is 1. The number of hydrogen-bond donors (Lipinski definition) is 7. The Morgan fingerprint density at radius 1 is 1.15 bits per heavy atom. The van der Waals surface area contributed by atoms with E-state index in [4.69, 9.17) is 10.5 Å². The van der Waals surface area contributed by atoms with Crippen molar-refractivity contribution in [2.24, 2.45) is 5.41 Å². The second-order valence-electron chi connectivity index (χ2n) is 9.29. The highest BCUT2D eigenvalue weighted by molar-refractivity contribution is 7.61. The lowest BCUT2D eigenvalue weighted by Gasteiger charge is -2.29. The van der Waals surface area contributed by atoms with Crippen molar-refractivity contribution in [3.8, 4) is 0 Å². The van der Waals surface area contributed by atoms with E-state index < -0.39 is 78.5 Å². The van der Waals surface area contributed by atoms with Gasteiger partial charge < -0.3 is 40.3 Å². The first kappa shape index (κ1) is 32.8. The SMILES string of the molecule is CC(=O)[C@H](O)C(C)(C)COP(=O)(O)OP(=O)(O)OC[C@H]1O[C@@H](n2cnc3c(N)ncnc32)[C@@H](O)C1OP(=O)(O)O. The average Bonchev–Trinajstić information content (AvgIpc) is 3.36. The molecule has 1 fully saturated rings. The van der Waals surface area contributed by atoms with Gasteiger partial charge in [0, 0.05) is 5.41 Å². The number of carbonyl (C=O) groups excluding carboxylic acids is 1. The number of aliphatic hydroxyl groups is 2. The molecule has 226 valence electrons. The van der Waals surface area contributed by atoms with Gasteiger partial charge in [-0.25, -0.2) is 28.6 Å². The second-order valence-corrected chi connectivity index (χ2v) is 13.5. The molecule has 3 rings (SSSR count). The molecule has 1 saturated heterocycles. The van der Waals surface area contributed by atoms with Crippen LogP contribution in [0.3, 0.4) is 0 Å². The molecule has 40 heavy (non-hydrogen) atoms. The Balaban J connectivity index is 1.73. The number of phosphoric ester groups is 3. The Morgan fingerprint density at radius 2 is 1.77 bits per heavy atom. The fraction of sp³-hybridized carbons (Fsp3) is 0.647. The van der Waals surface area contributed by atoms with E-state index in [9.17, 15) is 48.3 Å². The van der Waals surface area contributed by atoms with E-state index in [1.807, 2.05) is 0 Å². The van der Waals surface area contributed by atoms with Gasteiger partial charge >= 0.3 is 23.5 Å². The van der Waals surface area contributed by atoms with Crippen LogP contribution in [-0.2, 0) is 41.1 Å². The van der Waals surface area contributed by atoms with Crippen molar-refractivity contribution >= 4 is 46.2 Å². The van der Waals surface area contributed by atoms with Gasteiger partial charge in [0.05, 0.1) is 19.5 Å². The number of ether oxygens (including phenoxy) is 1. The molecular formula is C17H28N5O15P3. The number of hydrogen-bond acceptors (Lipinski definition) is 15. The van der Waals surface area contributed by atoms with E-state index in [0.717, 1.165) is 24.1 Å². The first-order valence-corrected chi connectivity index (χ1v) is 15.6. The molecule has 7 atom stereocenters. The number of nitrogens with zero attached hydrogens (tertiary/aromatic N) is 4. The number of phosphoric acid groups is 3. The van der Waals surface area contributed by atoms with Gasteiger partial charge in [0.15, 0.2) is 23.5 Å². The van der Waals surface area contributed by atoms with Crippen LogP contribution in [0.15, 0.2) is 12.7 Å². The summed E-state index contributed by atoms with van der Waals surface area (Å²) < 4.78 is 60.9. The highest BCUT2D eigenvalue weighted by Crippen LogP contribution is 2.61. The number of fused-ring (bicyclic) bond motifs is 1. The van der Waals surface area contributed by atoms with Crippen molar-refractivity contribution in [1.82, 2.24) is 19.5 Å². The highest BCUT2D eigenvalue weighted by atomic mass is 31.3. The number of aromatic nitrogens is 4. The zero-order valence-corrected chi connectivity index (χ0v) is 23.7. The normalized spacial score (nSPS) is 25.9. The van der Waals surface area contributed by atoms with Gasteiger partial charge in [0.25, 0.3) is 0 Å². The minimum absolute atomic E-state index is 0.0210. The molecule has 0 aliphatic carbocycles. The average molecular weight is 635 g/mol. The van der Waals surface area contributed by atoms with Crippen LogP contribution >= 0.6 is 23.5 Å². The Hall–Kier alpha value is -1.73. The van der Waals surface area contributed by atoms with Gasteiger partial charge in [-0.3, -0.25) is 22.9 Å². The zero-order valence-electron chi connectivity index (χ0n) is 21.0. The van der Waals surface area contributed by atoms with Crippen LogP contribution in [0.5, 0.6) is 0 Å². The quantitative estimate of drug-likeness (QED) is 0.135. The van der Waals surface area contributed by atoms with Crippen LogP contribution < -0.4 is 5.73 Å². The number of nitrogens with two attached hydrogens (primary N) is 1. The van der Waals surface area contributed by atoms with Gasteiger partial charge in [0.1, 0.15) is 36.3 Å². The number of carbonyl (C=O) groups is 1. The molecular weight excluding hydrogens is 607 g/mol. The molecule has 0 amide bonds. The molecule has 3 heterocycles. The number of aliphatic hydroxyl groups excluding tert-OH is 2. The molecule has 0 aromatic carbocycles. The summed E-state index contributed by atoms with van der Waals surface area (Å²) in [5.41, 5.74) is 4.50. The van der Waals surface area contributed by atoms with E-state index in [0.29, 0.717) is 0 Å². The predicted molar refractivity (Wildman–Crippen MR) is 130 cm³/mol. The smallest absolute Gasteiger partial charge is 0.386 e. The lowest BCUT2D eigenvalue weighted by Crippen LogP contribution is -2.38. The predicted octanol–water partition coefficient (Wildman–Crippen LogP) is -0.629. The fourth-order valence-corrected chi connectivity index (χ4v) is 6.48. The summed E-state index contributed by atoms with van der Waals surface area (Å²) in [4.78, 5) is 61.5. The molecule has 0 radical (unpaired) electrons. The number of rotatable bonds is 13. The fourth-order valence-electron chi connectivity index (χ4n) is 3.65. The highest BCUT2D eigenvalue weighted by Gasteiger charge is 2.50. The maximum Gasteiger partial charge on any atom is 0.481 e. The van der Waals surface area contributed by atoms with Crippen LogP contribution in [0.4, 0.5) is 5.82 Å². The Kier molecular flexibility index (Phi) is 9.73. The third kappa shape index (κ3) is 7.96. The van der Waals surface area contributed by atoms with Crippen molar-refractivity contribution in [3.05, 3.63) is 12.7 Å². The van der Waals surface area contributed by atoms with Gasteiger partial charge in [-0.1, -0.05) is 13.8 Å². The molecule has 20 nitrogen and oxygen atoms in total. The van der Waals surface area contributed by atoms with Crippen molar-refractivity contribution < 1.29 is 70.9 Å². The molecule has 1 aliphatic rings. The molecule has 23 heteroatoms. The Morgan fingerprint density at radius 3 is 2.38 bits per heavy atom. The summed E-state index contributed by atoms with van der Waals surface area (Å²) in [6.07, 6.45) is -6.24. The molecule has 8 N–H and O–H groups in total. The monoisotopic (exact) mass is 635 g/mol. The summed E-state index contributed by atoms with van der Waals surface area (Å²) >= 11 is 0. The van der Waals surface area contributed by atoms with Crippen LogP contribution in [0.1, 0.15) is 27.0 Å². The van der Waals surface area contributed by atoms with Crippen LogP contribution in [0.2, 0.25) is 0 Å². The van der Waals surface area contributed by atoms with E-state index >= 15 is 0 Å². The summed E-state index contributed by atoms with van der Waals surface area (Å²) in [6, 6.07) is 0. The lowest BCUT2D eigenvalue weighted by molar-refractivity contribution is -0.132. The third-order valence-electron chi connectivity index (χ3n) is 5.56. The van der Waals surface area contributed by atoms with Gasteiger partial charge in [0.2, 0.25) is 0 Å². The zero-order chi connectivity index (χ0) is 30.3. The van der Waals surface area contributed by atoms with E-state index in [2.05, 4.69) is 32.8 Å². The molecule has 1 aliphatic heterocycles. The van der Waals surface area contributed by atoms with Crippen LogP contribution in [-0.4, -0.2) is 92.7 Å². The van der Waals surface area contributed by atoms with Crippen molar-refractivity contribution in [1.29, 1.82) is 0 Å². The molecule has 3 unspecified atom stereocenters. The first-order valence-electron chi connectivity index (χ1n) is 11.1. The van der Waals surface area contributed by atoms with E-state index in [1.54, 1.807) is 0 Å². The van der Waals surface area contributed by atoms with E-state index in [1.165, 1.54) is 13.8 Å². The summed E-state index contributed by atoms with van der Waals surface area (Å²) in [5.74, 6) is -0.686. The minimum atomic E-state index is -5.45. The molecule has 0 saturated carbocycles. The lowest BCUT2D eigenvalue weighted by atomic mass is 9.86. The van der Waals surface area contributed by atoms with Gasteiger partial charge in [-0.2, -0.15) is 4.31 Å². The van der Waals surface area contributed by atoms with Gasteiger partial charge in [-0.15, -0.1) is 0 Å². The maximum atomic E-state index is 12.4. The first-order chi connectivity index (χ1) is 18.2. The van der Waals surface area contributed by atoms with E-state index in [-0.39, 0.29) is 17.0 Å². The summed E-state index contributed by atoms with van der Waals surface area (Å²) in [7, 11) is -16.0. The molecule has 2 aromatic heterocycles. The van der Waals surface area contributed by atoms with Crippen molar-refractivity contribution in [3.63, 3.8) is 0 Å². The van der Waals surface area contributed by atoms with Gasteiger partial charge in [-0.05, 0) is 6.92 Å². The number of nitrogen functional groups attached to an aromatic ring is 1. The van der Waals surface area contributed by atoms with Crippen LogP contribution in [0.25, 0.3) is 11.2 Å². The van der Waals surface area contributed by atoms with Crippen LogP contribution in [0, 0.1) is 5.41 Å². The number of Topliss-reactive ketones (excluding diaryl/α,β-unsaturated/α-hetero) is 1. The Labute approximate surface area is 225 Å². The van der Waals surface area contributed by atoms with Crippen molar-refractivity contribution in [2.75, 3.05) is 18.9 Å². The molecule has 0 spiro atoms. The largest absolute Gasteiger partial charge is 0.481 e. The summed E-state index contributed by atoms with van der Waals surface area (Å²) in [6.45, 7) is 1.89. The number of imidazole rings is 1. The standard InChI is InChI=1S/C17H28N5O15P3/c1-8(23)13(25)17(2,3)5-34-40(31,32)37-39(29,30)33-4-9-12(36-38(26,27)28)11(24)16(35-9)22-7-21-10-14(18)19-6-20-15(10)22/h6-7,9,11-13,16,24-25H,4-5H2,1-3H3,(H,29,30)(H,31,32)(H2,18,19,20)(H2,26,27,28)/t9-,11+,12?,13+,16-/m1/s1. The minimum Gasteiger partial charge on any atom is -0.386 e. The van der Waals surface area contributed by atoms with Crippen molar-refractivity contribution in [2.45, 2.75) is 51.4 Å². The maximum absolute atomic E-state index is 12.4. The molecule has 0 bridgehead atoms. The Bertz CT molecular complexity index is 1380. The second kappa shape index (κ2) is 11.9. The summed E-state index contributed by atoms with van der Waals surface area (Å²) in [5, 5.41) is 20.6. The topological polar surface area (TPSA) is 305 Å². The number of ketones is 1. The third-order valence-corrected chi connectivity index (χ3v) is 8.66. The molecule has 2 aromatic rings.